The summed E-state index contributed by atoms with van der Waals surface area (Å²) in [5, 5.41) is 5.51. The van der Waals surface area contributed by atoms with Gasteiger partial charge in [-0.2, -0.15) is 26.0 Å². The van der Waals surface area contributed by atoms with Crippen molar-refractivity contribution >= 4 is 37.6 Å². The van der Waals surface area contributed by atoms with Crippen LogP contribution >= 0.6 is 0 Å². The number of benzene rings is 2. The summed E-state index contributed by atoms with van der Waals surface area (Å²) in [5.41, 5.74) is 5.45. The van der Waals surface area contributed by atoms with Crippen molar-refractivity contribution in [3.8, 4) is 0 Å². The molecule has 0 fully saturated rings. The second-order valence-corrected chi connectivity index (χ2v) is 6.80. The molecule has 4 aromatic carbocycles. The minimum atomic E-state index is 0. The van der Waals surface area contributed by atoms with Crippen molar-refractivity contribution in [3.05, 3.63) is 89.3 Å². The molecular weight excluding hydrogens is 432 g/mol. The van der Waals surface area contributed by atoms with Gasteiger partial charge in [-0.1, -0.05) is 37.1 Å². The zero-order chi connectivity index (χ0) is 20.4. The van der Waals surface area contributed by atoms with Crippen LogP contribution in [0.15, 0.2) is 60.7 Å². The van der Waals surface area contributed by atoms with Gasteiger partial charge in [-0.25, -0.2) is 9.85 Å². The van der Waals surface area contributed by atoms with Crippen LogP contribution in [0.2, 0.25) is 0 Å². The van der Waals surface area contributed by atoms with Crippen LogP contribution in [-0.4, -0.2) is 16.0 Å². The molecule has 0 aromatic heterocycles. The maximum absolute atomic E-state index is 4.53. The number of hydrogen-bond donors (Lipinski definition) is 0. The van der Waals surface area contributed by atoms with Crippen LogP contribution in [0.3, 0.4) is 0 Å². The Bertz CT molecular complexity index is 881. The van der Waals surface area contributed by atoms with Crippen molar-refractivity contribution in [1.82, 2.24) is 0 Å². The Kier molecular flexibility index (Phi) is 13.1. The van der Waals surface area contributed by atoms with Gasteiger partial charge in [0, 0.05) is 0 Å². The third-order valence-electron chi connectivity index (χ3n) is 4.23. The van der Waals surface area contributed by atoms with Gasteiger partial charge >= 0.3 is 26.2 Å². The van der Waals surface area contributed by atoms with E-state index in [0.29, 0.717) is 0 Å². The second kappa shape index (κ2) is 13.7. The molecule has 0 saturated heterocycles. The summed E-state index contributed by atoms with van der Waals surface area (Å²) in [6, 6.07) is 21.8. The van der Waals surface area contributed by atoms with Crippen molar-refractivity contribution in [3.63, 3.8) is 0 Å². The molecule has 0 bridgehead atoms. The van der Waals surface area contributed by atoms with E-state index in [-0.39, 0.29) is 26.2 Å². The van der Waals surface area contributed by atoms with E-state index < -0.39 is 0 Å². The van der Waals surface area contributed by atoms with E-state index in [2.05, 4.69) is 94.5 Å². The summed E-state index contributed by atoms with van der Waals surface area (Å²) in [6.07, 6.45) is 6.53. The minimum absolute atomic E-state index is 0. The maximum atomic E-state index is 4.53. The van der Waals surface area contributed by atoms with Crippen molar-refractivity contribution < 1.29 is 26.2 Å². The molecule has 0 aliphatic rings. The maximum Gasteiger partial charge on any atom is 4.00 e. The van der Waals surface area contributed by atoms with Gasteiger partial charge in [0.25, 0.3) is 0 Å². The largest absolute Gasteiger partial charge is 4.00 e. The normalized spacial score (nSPS) is 9.21. The Morgan fingerprint density at radius 2 is 1.04 bits per heavy atom. The summed E-state index contributed by atoms with van der Waals surface area (Å²) in [4.78, 5) is 0. The van der Waals surface area contributed by atoms with Gasteiger partial charge in [0.1, 0.15) is 0 Å². The first kappa shape index (κ1) is 26.6. The molecule has 0 amide bonds. The van der Waals surface area contributed by atoms with Gasteiger partial charge in [-0.3, -0.25) is 0 Å². The monoisotopic (exact) mass is 462 g/mol. The molecule has 0 heterocycles. The predicted molar refractivity (Wildman–Crippen MR) is 128 cm³/mol. The van der Waals surface area contributed by atoms with Gasteiger partial charge in [0.2, 0.25) is 0 Å². The van der Waals surface area contributed by atoms with E-state index in [1.165, 1.54) is 53.7 Å². The molecule has 0 saturated carbocycles. The van der Waals surface area contributed by atoms with Crippen LogP contribution in [0.4, 0.5) is 0 Å². The molecule has 0 radical (unpaired) electrons. The fourth-order valence-electron chi connectivity index (χ4n) is 3.08. The fraction of sp³-hybridized carbons (Fsp3) is 0.231. The third-order valence-corrected chi connectivity index (χ3v) is 4.23. The van der Waals surface area contributed by atoms with Gasteiger partial charge in [0.15, 0.2) is 0 Å². The van der Waals surface area contributed by atoms with Crippen molar-refractivity contribution in [2.45, 2.75) is 41.5 Å². The van der Waals surface area contributed by atoms with Gasteiger partial charge in [0.05, 0.1) is 0 Å². The van der Waals surface area contributed by atoms with E-state index >= 15 is 0 Å². The molecule has 0 N–H and O–H groups in total. The minimum Gasteiger partial charge on any atom is -0.533 e. The first-order chi connectivity index (χ1) is 13.0. The summed E-state index contributed by atoms with van der Waals surface area (Å²) in [7, 11) is 1.36. The average Bonchev–Trinajstić information content (AvgIpc) is 3.21. The molecular formula is C26H32SiZr. The van der Waals surface area contributed by atoms with E-state index in [4.69, 9.17) is 0 Å². The Hall–Kier alpha value is -1.37. The molecule has 0 spiro atoms. The average molecular weight is 464 g/mol. The molecule has 2 heteroatoms. The summed E-state index contributed by atoms with van der Waals surface area (Å²) in [6.45, 7) is 12.6. The van der Waals surface area contributed by atoms with Gasteiger partial charge in [-0.05, 0) is 13.8 Å². The van der Waals surface area contributed by atoms with E-state index in [1.807, 2.05) is 20.3 Å². The van der Waals surface area contributed by atoms with E-state index in [0.717, 1.165) is 0 Å². The third kappa shape index (κ3) is 7.57. The number of aryl methyl sites for hydroxylation is 4. The fourth-order valence-corrected chi connectivity index (χ4v) is 3.08. The second-order valence-electron chi connectivity index (χ2n) is 6.80. The smallest absolute Gasteiger partial charge is 0.533 e. The molecule has 144 valence electrons. The molecule has 0 atom stereocenters. The Balaban J connectivity index is 0.000000413. The standard InChI is InChI=1S/2C11H11.C3H7.CH3Si.Zr/c2*1-8-6-10-5-3-4-9(2)11(10)7-8;1-3-2;1-2;/h2*3-7H,1-2H3;3H,1-2H3;1H,2H2;/q4*-1;+4. The van der Waals surface area contributed by atoms with Crippen LogP contribution in [0.1, 0.15) is 36.1 Å². The van der Waals surface area contributed by atoms with Crippen molar-refractivity contribution in [1.29, 1.82) is 0 Å². The topological polar surface area (TPSA) is 0 Å². The number of fused-ring (bicyclic) bond motifs is 2. The number of rotatable bonds is 0. The SMILES string of the molecule is C[CH-]C.Cc1cc2c(C)cccc2[cH-]1.Cc1cc2c(C)cccc2[cH-]1.[CH-]=[SiH2].[Zr+4]. The van der Waals surface area contributed by atoms with Crippen LogP contribution in [0.25, 0.3) is 21.5 Å². The van der Waals surface area contributed by atoms with Crippen LogP contribution in [-0.2, 0) is 26.2 Å². The summed E-state index contributed by atoms with van der Waals surface area (Å²) < 4.78 is 0. The Morgan fingerprint density at radius 3 is 1.32 bits per heavy atom. The Labute approximate surface area is 193 Å². The Morgan fingerprint density at radius 1 is 0.714 bits per heavy atom. The molecule has 4 aromatic rings. The molecule has 0 aliphatic carbocycles. The van der Waals surface area contributed by atoms with Gasteiger partial charge in [-0.15, -0.1) is 69.1 Å². The molecule has 0 unspecified atom stereocenters. The molecule has 28 heavy (non-hydrogen) atoms. The zero-order valence-corrected chi connectivity index (χ0v) is 22.0. The van der Waals surface area contributed by atoms with Crippen LogP contribution < -0.4 is 0 Å². The first-order valence-electron chi connectivity index (χ1n) is 9.36. The summed E-state index contributed by atoms with van der Waals surface area (Å²) >= 11 is 0. The molecule has 0 aliphatic heterocycles. The number of hydrogen-bond acceptors (Lipinski definition) is 0. The van der Waals surface area contributed by atoms with E-state index in [1.54, 1.807) is 0 Å². The van der Waals surface area contributed by atoms with Crippen LogP contribution in [0, 0.1) is 34.1 Å². The van der Waals surface area contributed by atoms with Crippen LogP contribution in [0.5, 0.6) is 0 Å². The molecule has 0 nitrogen and oxygen atoms in total. The molecule has 4 rings (SSSR count). The zero-order valence-electron chi connectivity index (χ0n) is 18.1. The van der Waals surface area contributed by atoms with E-state index in [9.17, 15) is 0 Å². The van der Waals surface area contributed by atoms with Crippen molar-refractivity contribution in [2.24, 2.45) is 0 Å². The first-order valence-corrected chi connectivity index (χ1v) is 10.2. The quantitative estimate of drug-likeness (QED) is 0.206. The van der Waals surface area contributed by atoms with Crippen molar-refractivity contribution in [2.75, 3.05) is 0 Å². The van der Waals surface area contributed by atoms with Gasteiger partial charge < -0.3 is 12.6 Å². The predicted octanol–water partition coefficient (Wildman–Crippen LogP) is 6.51. The summed E-state index contributed by atoms with van der Waals surface area (Å²) in [5.74, 6) is 0.